The molecule has 5 nitrogen and oxygen atoms in total. The predicted molar refractivity (Wildman–Crippen MR) is 73.9 cm³/mol. The van der Waals surface area contributed by atoms with Gasteiger partial charge in [0.25, 0.3) is 0 Å². The number of fused-ring (bicyclic) bond motifs is 1. The molecular formula is C14H19N3O2. The van der Waals surface area contributed by atoms with E-state index in [0.717, 1.165) is 11.3 Å². The Hall–Kier alpha value is -2.04. The van der Waals surface area contributed by atoms with Gasteiger partial charge in [-0.3, -0.25) is 9.59 Å². The zero-order chi connectivity index (χ0) is 13.8. The van der Waals surface area contributed by atoms with E-state index in [1.54, 1.807) is 14.1 Å². The molecule has 0 unspecified atom stereocenters. The Bertz CT molecular complexity index is 460. The van der Waals surface area contributed by atoms with Crippen molar-refractivity contribution in [3.05, 3.63) is 29.8 Å². The molecule has 1 aliphatic heterocycles. The number of nitrogens with zero attached hydrogens (tertiary/aromatic N) is 1. The van der Waals surface area contributed by atoms with E-state index in [1.165, 1.54) is 4.90 Å². The van der Waals surface area contributed by atoms with E-state index in [0.29, 0.717) is 19.4 Å². The van der Waals surface area contributed by atoms with Crippen molar-refractivity contribution in [1.29, 1.82) is 0 Å². The summed E-state index contributed by atoms with van der Waals surface area (Å²) in [6.07, 6.45) is 1.03. The van der Waals surface area contributed by atoms with Gasteiger partial charge in [-0.2, -0.15) is 0 Å². The van der Waals surface area contributed by atoms with Gasteiger partial charge in [0, 0.05) is 39.2 Å². The molecule has 2 amide bonds. The molecule has 0 saturated heterocycles. The maximum atomic E-state index is 12.0. The Morgan fingerprint density at radius 2 is 2.11 bits per heavy atom. The van der Waals surface area contributed by atoms with Crippen molar-refractivity contribution in [1.82, 2.24) is 10.2 Å². The van der Waals surface area contributed by atoms with Gasteiger partial charge in [0.2, 0.25) is 11.8 Å². The van der Waals surface area contributed by atoms with Crippen molar-refractivity contribution in [2.75, 3.05) is 26.0 Å². The van der Waals surface area contributed by atoms with Crippen molar-refractivity contribution in [2.45, 2.75) is 18.9 Å². The van der Waals surface area contributed by atoms with Gasteiger partial charge in [-0.1, -0.05) is 18.2 Å². The number of amides is 2. The third-order valence-corrected chi connectivity index (χ3v) is 3.22. The Morgan fingerprint density at radius 3 is 2.79 bits per heavy atom. The van der Waals surface area contributed by atoms with Gasteiger partial charge < -0.3 is 15.5 Å². The van der Waals surface area contributed by atoms with Crippen LogP contribution in [-0.2, 0) is 16.0 Å². The highest BCUT2D eigenvalue weighted by atomic mass is 16.2. The fraction of sp³-hybridized carbons (Fsp3) is 0.429. The number of carbonyl (C=O) groups is 2. The number of benzene rings is 1. The lowest BCUT2D eigenvalue weighted by Gasteiger charge is -2.13. The number of carbonyl (C=O) groups excluding carboxylic acids is 2. The van der Waals surface area contributed by atoms with Crippen LogP contribution in [0.5, 0.6) is 0 Å². The van der Waals surface area contributed by atoms with Crippen LogP contribution in [0.1, 0.15) is 12.0 Å². The third-order valence-electron chi connectivity index (χ3n) is 3.22. The Kier molecular flexibility index (Phi) is 4.04. The van der Waals surface area contributed by atoms with E-state index >= 15 is 0 Å². The van der Waals surface area contributed by atoms with Crippen LogP contribution in [0.15, 0.2) is 24.3 Å². The Morgan fingerprint density at radius 1 is 1.37 bits per heavy atom. The zero-order valence-corrected chi connectivity index (χ0v) is 11.3. The molecule has 2 N–H and O–H groups in total. The van der Waals surface area contributed by atoms with Crippen LogP contribution in [0.3, 0.4) is 0 Å². The minimum atomic E-state index is -0.230. The molecule has 19 heavy (non-hydrogen) atoms. The third kappa shape index (κ3) is 3.24. The molecule has 5 heteroatoms. The van der Waals surface area contributed by atoms with Gasteiger partial charge >= 0.3 is 0 Å². The van der Waals surface area contributed by atoms with Gasteiger partial charge in [0.1, 0.15) is 6.04 Å². The first kappa shape index (κ1) is 13.4. The molecule has 0 aliphatic carbocycles. The predicted octanol–water partition coefficient (Wildman–Crippen LogP) is 0.618. The number of para-hydroxylation sites is 1. The van der Waals surface area contributed by atoms with E-state index in [-0.39, 0.29) is 17.9 Å². The number of nitrogens with one attached hydrogen (secondary N) is 2. The lowest BCUT2D eigenvalue weighted by atomic mass is 10.1. The minimum absolute atomic E-state index is 0.0166. The monoisotopic (exact) mass is 261 g/mol. The van der Waals surface area contributed by atoms with Gasteiger partial charge in [-0.05, 0) is 11.6 Å². The summed E-state index contributed by atoms with van der Waals surface area (Å²) in [5.41, 5.74) is 2.18. The first-order valence-electron chi connectivity index (χ1n) is 6.40. The van der Waals surface area contributed by atoms with Crippen LogP contribution in [0.2, 0.25) is 0 Å². The highest BCUT2D eigenvalue weighted by Gasteiger charge is 2.25. The number of rotatable bonds is 4. The molecular weight excluding hydrogens is 242 g/mol. The topological polar surface area (TPSA) is 61.4 Å². The molecule has 1 aliphatic rings. The van der Waals surface area contributed by atoms with Crippen LogP contribution in [0, 0.1) is 0 Å². The summed E-state index contributed by atoms with van der Waals surface area (Å²) in [4.78, 5) is 24.9. The lowest BCUT2D eigenvalue weighted by Crippen LogP contribution is -2.40. The van der Waals surface area contributed by atoms with Crippen LogP contribution in [0.4, 0.5) is 5.69 Å². The summed E-state index contributed by atoms with van der Waals surface area (Å²) in [6.45, 7) is 0.379. The van der Waals surface area contributed by atoms with Crippen LogP contribution < -0.4 is 10.6 Å². The maximum absolute atomic E-state index is 12.0. The van der Waals surface area contributed by atoms with Crippen molar-refractivity contribution in [2.24, 2.45) is 0 Å². The van der Waals surface area contributed by atoms with E-state index < -0.39 is 0 Å². The van der Waals surface area contributed by atoms with Crippen molar-refractivity contribution in [3.8, 4) is 0 Å². The maximum Gasteiger partial charge on any atom is 0.242 e. The van der Waals surface area contributed by atoms with E-state index in [1.807, 2.05) is 24.3 Å². The van der Waals surface area contributed by atoms with Gasteiger partial charge in [-0.15, -0.1) is 0 Å². The summed E-state index contributed by atoms with van der Waals surface area (Å²) < 4.78 is 0. The van der Waals surface area contributed by atoms with Crippen LogP contribution >= 0.6 is 0 Å². The van der Waals surface area contributed by atoms with Crippen molar-refractivity contribution >= 4 is 17.5 Å². The van der Waals surface area contributed by atoms with Crippen molar-refractivity contribution < 1.29 is 9.59 Å². The molecule has 0 spiro atoms. The van der Waals surface area contributed by atoms with Crippen LogP contribution in [-0.4, -0.2) is 43.4 Å². The molecule has 1 atom stereocenters. The molecule has 1 aromatic carbocycles. The van der Waals surface area contributed by atoms with Crippen molar-refractivity contribution in [3.63, 3.8) is 0 Å². The number of hydrogen-bond acceptors (Lipinski definition) is 3. The SMILES string of the molecule is CN(C)C(=O)CCNC(=O)[C@@H]1Cc2ccccc2N1. The first-order chi connectivity index (χ1) is 9.08. The second-order valence-electron chi connectivity index (χ2n) is 4.89. The number of anilines is 1. The molecule has 1 aromatic rings. The number of hydrogen-bond donors (Lipinski definition) is 2. The molecule has 1 heterocycles. The fourth-order valence-corrected chi connectivity index (χ4v) is 2.10. The Balaban J connectivity index is 1.79. The second kappa shape index (κ2) is 5.73. The summed E-state index contributed by atoms with van der Waals surface area (Å²) in [5.74, 6) is -0.0364. The van der Waals surface area contributed by atoms with E-state index in [2.05, 4.69) is 10.6 Å². The largest absolute Gasteiger partial charge is 0.373 e. The molecule has 0 fully saturated rings. The van der Waals surface area contributed by atoms with Gasteiger partial charge in [0.05, 0.1) is 0 Å². The normalized spacial score (nSPS) is 16.4. The summed E-state index contributed by atoms with van der Waals surface area (Å²) >= 11 is 0. The Labute approximate surface area is 113 Å². The summed E-state index contributed by atoms with van der Waals surface area (Å²) in [5, 5.41) is 5.98. The minimum Gasteiger partial charge on any atom is -0.373 e. The average molecular weight is 261 g/mol. The van der Waals surface area contributed by atoms with E-state index in [9.17, 15) is 9.59 Å². The summed E-state index contributed by atoms with van der Waals surface area (Å²) in [6, 6.07) is 7.67. The fourth-order valence-electron chi connectivity index (χ4n) is 2.10. The lowest BCUT2D eigenvalue weighted by molar-refractivity contribution is -0.128. The standard InChI is InChI=1S/C14H19N3O2/c1-17(2)13(18)7-8-15-14(19)12-9-10-5-3-4-6-11(10)16-12/h3-6,12,16H,7-9H2,1-2H3,(H,15,19)/t12-/m0/s1. The second-order valence-corrected chi connectivity index (χ2v) is 4.89. The highest BCUT2D eigenvalue weighted by Crippen LogP contribution is 2.24. The summed E-state index contributed by atoms with van der Waals surface area (Å²) in [7, 11) is 3.42. The molecule has 2 rings (SSSR count). The quantitative estimate of drug-likeness (QED) is 0.835. The molecule has 0 aromatic heterocycles. The van der Waals surface area contributed by atoms with Gasteiger partial charge in [0.15, 0.2) is 0 Å². The molecule has 102 valence electrons. The average Bonchev–Trinajstić information content (AvgIpc) is 2.82. The zero-order valence-electron chi connectivity index (χ0n) is 11.3. The molecule has 0 radical (unpaired) electrons. The first-order valence-corrected chi connectivity index (χ1v) is 6.40. The smallest absolute Gasteiger partial charge is 0.242 e. The van der Waals surface area contributed by atoms with E-state index in [4.69, 9.17) is 0 Å². The van der Waals surface area contributed by atoms with Crippen LogP contribution in [0.25, 0.3) is 0 Å². The van der Waals surface area contributed by atoms with Gasteiger partial charge in [-0.25, -0.2) is 0 Å². The molecule has 0 saturated carbocycles. The molecule has 0 bridgehead atoms. The highest BCUT2D eigenvalue weighted by molar-refractivity contribution is 5.87.